The molecule has 0 amide bonds. The number of nitrogens with zero attached hydrogens (tertiary/aromatic N) is 2. The van der Waals surface area contributed by atoms with Crippen molar-refractivity contribution in [1.29, 1.82) is 0 Å². The number of aliphatic hydroxyl groups excluding tert-OH is 1. The highest BCUT2D eigenvalue weighted by Crippen LogP contribution is 2.24. The van der Waals surface area contributed by atoms with Crippen LogP contribution in [0.5, 0.6) is 0 Å². The van der Waals surface area contributed by atoms with Gasteiger partial charge >= 0.3 is 0 Å². The molecule has 5 heteroatoms. The second-order valence-electron chi connectivity index (χ2n) is 5.34. The van der Waals surface area contributed by atoms with Gasteiger partial charge in [-0.2, -0.15) is 0 Å². The van der Waals surface area contributed by atoms with Crippen LogP contribution in [0, 0.1) is 5.92 Å². The van der Waals surface area contributed by atoms with Gasteiger partial charge in [-0.15, -0.1) is 0 Å². The van der Waals surface area contributed by atoms with E-state index in [-0.39, 0.29) is 6.10 Å². The van der Waals surface area contributed by atoms with Crippen LogP contribution < -0.4 is 11.1 Å². The Kier molecular flexibility index (Phi) is 4.96. The molecule has 1 heterocycles. The Hall–Kier alpha value is -1.36. The largest absolute Gasteiger partial charge is 0.393 e. The summed E-state index contributed by atoms with van der Waals surface area (Å²) < 4.78 is 0. The monoisotopic (exact) mass is 264 g/mol. The highest BCUT2D eigenvalue weighted by Gasteiger charge is 2.22. The smallest absolute Gasteiger partial charge is 0.133 e. The van der Waals surface area contributed by atoms with Gasteiger partial charge in [-0.3, -0.25) is 0 Å². The summed E-state index contributed by atoms with van der Waals surface area (Å²) in [6.07, 6.45) is 6.00. The number of aromatic nitrogens is 2. The SMILES string of the molecule is CCCc1nc(N)cc(NCC2CCCCC2O)n1. The second-order valence-corrected chi connectivity index (χ2v) is 5.34. The predicted octanol–water partition coefficient (Wildman–Crippen LogP) is 1.97. The van der Waals surface area contributed by atoms with E-state index < -0.39 is 0 Å². The molecular weight excluding hydrogens is 240 g/mol. The predicted molar refractivity (Wildman–Crippen MR) is 76.9 cm³/mol. The Morgan fingerprint density at radius 2 is 2.16 bits per heavy atom. The lowest BCUT2D eigenvalue weighted by atomic mass is 9.86. The lowest BCUT2D eigenvalue weighted by Crippen LogP contribution is -2.30. The number of anilines is 2. The maximum absolute atomic E-state index is 9.94. The van der Waals surface area contributed by atoms with Crippen molar-refractivity contribution in [3.63, 3.8) is 0 Å². The standard InChI is InChI=1S/C14H24N4O/c1-2-5-13-17-12(15)8-14(18-13)16-9-10-6-3-4-7-11(10)19/h8,10-11,19H,2-7,9H2,1H3,(H3,15,16,17,18). The van der Waals surface area contributed by atoms with Gasteiger partial charge in [0.2, 0.25) is 0 Å². The first-order chi connectivity index (χ1) is 9.19. The minimum absolute atomic E-state index is 0.185. The van der Waals surface area contributed by atoms with Gasteiger partial charge in [-0.1, -0.05) is 19.8 Å². The van der Waals surface area contributed by atoms with Crippen molar-refractivity contribution in [3.05, 3.63) is 11.9 Å². The zero-order valence-corrected chi connectivity index (χ0v) is 11.6. The van der Waals surface area contributed by atoms with E-state index in [2.05, 4.69) is 22.2 Å². The Bertz CT molecular complexity index is 410. The molecule has 106 valence electrons. The first kappa shape index (κ1) is 14.1. The molecule has 0 spiro atoms. The fourth-order valence-electron chi connectivity index (χ4n) is 2.61. The van der Waals surface area contributed by atoms with Gasteiger partial charge in [0.25, 0.3) is 0 Å². The molecule has 0 aliphatic heterocycles. The highest BCUT2D eigenvalue weighted by atomic mass is 16.3. The molecule has 0 aromatic carbocycles. The van der Waals surface area contributed by atoms with Crippen LogP contribution in [0.3, 0.4) is 0 Å². The van der Waals surface area contributed by atoms with Crippen LogP contribution in [0.15, 0.2) is 6.07 Å². The van der Waals surface area contributed by atoms with Gasteiger partial charge in [0.1, 0.15) is 17.5 Å². The van der Waals surface area contributed by atoms with Gasteiger partial charge in [-0.05, 0) is 19.3 Å². The van der Waals surface area contributed by atoms with Crippen molar-refractivity contribution in [2.45, 2.75) is 51.6 Å². The molecule has 5 nitrogen and oxygen atoms in total. The lowest BCUT2D eigenvalue weighted by molar-refractivity contribution is 0.0763. The highest BCUT2D eigenvalue weighted by molar-refractivity contribution is 5.44. The van der Waals surface area contributed by atoms with E-state index in [1.54, 1.807) is 6.07 Å². The van der Waals surface area contributed by atoms with Crippen LogP contribution in [0.4, 0.5) is 11.6 Å². The number of rotatable bonds is 5. The summed E-state index contributed by atoms with van der Waals surface area (Å²) in [6.45, 7) is 2.85. The number of aliphatic hydroxyl groups is 1. The lowest BCUT2D eigenvalue weighted by Gasteiger charge is -2.27. The molecule has 1 aromatic rings. The maximum Gasteiger partial charge on any atom is 0.133 e. The van der Waals surface area contributed by atoms with E-state index in [9.17, 15) is 5.11 Å². The van der Waals surface area contributed by atoms with Crippen molar-refractivity contribution in [1.82, 2.24) is 9.97 Å². The normalized spacial score (nSPS) is 23.3. The minimum Gasteiger partial charge on any atom is -0.393 e. The molecule has 2 atom stereocenters. The molecule has 2 unspecified atom stereocenters. The Morgan fingerprint density at radius 3 is 2.89 bits per heavy atom. The summed E-state index contributed by atoms with van der Waals surface area (Å²) in [5.41, 5.74) is 5.79. The quantitative estimate of drug-likeness (QED) is 0.757. The van der Waals surface area contributed by atoms with Crippen LogP contribution in [0.25, 0.3) is 0 Å². The van der Waals surface area contributed by atoms with Crippen LogP contribution in [-0.4, -0.2) is 27.7 Å². The molecule has 1 aliphatic rings. The van der Waals surface area contributed by atoms with Crippen molar-refractivity contribution >= 4 is 11.6 Å². The number of nitrogen functional groups attached to an aromatic ring is 1. The van der Waals surface area contributed by atoms with Crippen molar-refractivity contribution < 1.29 is 5.11 Å². The minimum atomic E-state index is -0.185. The van der Waals surface area contributed by atoms with Crippen LogP contribution >= 0.6 is 0 Å². The van der Waals surface area contributed by atoms with E-state index >= 15 is 0 Å². The molecule has 1 saturated carbocycles. The summed E-state index contributed by atoms with van der Waals surface area (Å²) in [5, 5.41) is 13.2. The number of nitrogens with one attached hydrogen (secondary N) is 1. The Labute approximate surface area is 114 Å². The van der Waals surface area contributed by atoms with Crippen LogP contribution in [0.2, 0.25) is 0 Å². The molecule has 19 heavy (non-hydrogen) atoms. The van der Waals surface area contributed by atoms with Gasteiger partial charge in [-0.25, -0.2) is 9.97 Å². The summed E-state index contributed by atoms with van der Waals surface area (Å²) in [5.74, 6) is 2.38. The van der Waals surface area contributed by atoms with E-state index in [1.165, 1.54) is 6.42 Å². The summed E-state index contributed by atoms with van der Waals surface area (Å²) >= 11 is 0. The summed E-state index contributed by atoms with van der Waals surface area (Å²) in [4.78, 5) is 8.66. The topological polar surface area (TPSA) is 84.1 Å². The molecule has 0 radical (unpaired) electrons. The van der Waals surface area contributed by atoms with Crippen LogP contribution in [-0.2, 0) is 6.42 Å². The molecule has 1 aliphatic carbocycles. The average molecular weight is 264 g/mol. The Morgan fingerprint density at radius 1 is 1.37 bits per heavy atom. The van der Waals surface area contributed by atoms with Gasteiger partial charge in [0.05, 0.1) is 6.10 Å². The maximum atomic E-state index is 9.94. The third-order valence-corrected chi connectivity index (χ3v) is 3.68. The molecule has 1 aromatic heterocycles. The second kappa shape index (κ2) is 6.70. The average Bonchev–Trinajstić information content (AvgIpc) is 2.37. The van der Waals surface area contributed by atoms with Gasteiger partial charge in [0.15, 0.2) is 0 Å². The third-order valence-electron chi connectivity index (χ3n) is 3.68. The van der Waals surface area contributed by atoms with Gasteiger partial charge in [0, 0.05) is 24.9 Å². The van der Waals surface area contributed by atoms with Gasteiger partial charge < -0.3 is 16.2 Å². The molecule has 4 N–H and O–H groups in total. The molecule has 2 rings (SSSR count). The first-order valence-corrected chi connectivity index (χ1v) is 7.24. The number of hydrogen-bond acceptors (Lipinski definition) is 5. The number of hydrogen-bond donors (Lipinski definition) is 3. The zero-order valence-electron chi connectivity index (χ0n) is 11.6. The summed E-state index contributed by atoms with van der Waals surface area (Å²) in [7, 11) is 0. The zero-order chi connectivity index (χ0) is 13.7. The first-order valence-electron chi connectivity index (χ1n) is 7.24. The molecule has 0 saturated heterocycles. The number of aryl methyl sites for hydroxylation is 1. The fourth-order valence-corrected chi connectivity index (χ4v) is 2.61. The fraction of sp³-hybridized carbons (Fsp3) is 0.714. The van der Waals surface area contributed by atoms with E-state index in [1.807, 2.05) is 0 Å². The number of nitrogens with two attached hydrogens (primary N) is 1. The molecular formula is C14H24N4O. The van der Waals surface area contributed by atoms with Crippen molar-refractivity contribution in [3.8, 4) is 0 Å². The molecule has 1 fully saturated rings. The van der Waals surface area contributed by atoms with Crippen LogP contribution in [0.1, 0.15) is 44.9 Å². The van der Waals surface area contributed by atoms with E-state index in [4.69, 9.17) is 5.73 Å². The molecule has 0 bridgehead atoms. The summed E-state index contributed by atoms with van der Waals surface area (Å²) in [6, 6.07) is 1.76. The van der Waals surface area contributed by atoms with Crippen molar-refractivity contribution in [2.24, 2.45) is 5.92 Å². The third kappa shape index (κ3) is 4.06. The Balaban J connectivity index is 1.94. The van der Waals surface area contributed by atoms with E-state index in [0.717, 1.165) is 50.3 Å². The van der Waals surface area contributed by atoms with E-state index in [0.29, 0.717) is 11.7 Å². The van der Waals surface area contributed by atoms with Crippen molar-refractivity contribution in [2.75, 3.05) is 17.6 Å².